The quantitative estimate of drug-likeness (QED) is 0.818. The number of nitrogens with one attached hydrogen (secondary N) is 2. The number of fused-ring (bicyclic) bond motifs is 1. The Morgan fingerprint density at radius 1 is 1.31 bits per heavy atom. The highest BCUT2D eigenvalue weighted by Gasteiger charge is 2.00. The monoisotopic (exact) mass is 216 g/mol. The van der Waals surface area contributed by atoms with E-state index in [-0.39, 0.29) is 5.56 Å². The number of aryl methyl sites for hydroxylation is 1. The molecule has 0 saturated carbocycles. The van der Waals surface area contributed by atoms with Crippen molar-refractivity contribution >= 4 is 10.9 Å². The van der Waals surface area contributed by atoms with Crippen molar-refractivity contribution in [3.05, 3.63) is 45.7 Å². The van der Waals surface area contributed by atoms with E-state index in [2.05, 4.69) is 22.4 Å². The van der Waals surface area contributed by atoms with Gasteiger partial charge in [0.1, 0.15) is 0 Å². The van der Waals surface area contributed by atoms with Crippen molar-refractivity contribution in [1.29, 1.82) is 0 Å². The minimum atomic E-state index is -0.00419. The van der Waals surface area contributed by atoms with E-state index in [4.69, 9.17) is 0 Å². The molecule has 2 rings (SSSR count). The number of aromatic nitrogens is 1. The fourth-order valence-corrected chi connectivity index (χ4v) is 1.79. The van der Waals surface area contributed by atoms with E-state index in [1.165, 1.54) is 5.56 Å². The Bertz CT molecular complexity index is 557. The van der Waals surface area contributed by atoms with E-state index < -0.39 is 0 Å². The van der Waals surface area contributed by atoms with E-state index in [1.54, 1.807) is 0 Å². The van der Waals surface area contributed by atoms with E-state index in [1.807, 2.05) is 26.1 Å². The van der Waals surface area contributed by atoms with Crippen LogP contribution in [0.5, 0.6) is 0 Å². The molecular formula is C13H16N2O. The normalized spacial score (nSPS) is 10.9. The lowest BCUT2D eigenvalue weighted by Gasteiger charge is -2.04. The summed E-state index contributed by atoms with van der Waals surface area (Å²) in [5, 5.41) is 4.23. The lowest BCUT2D eigenvalue weighted by Crippen LogP contribution is -2.11. The zero-order chi connectivity index (χ0) is 11.5. The predicted octanol–water partition coefficient (Wildman–Crippen LogP) is 1.60. The fourth-order valence-electron chi connectivity index (χ4n) is 1.79. The highest BCUT2D eigenvalue weighted by molar-refractivity contribution is 5.79. The Morgan fingerprint density at radius 3 is 2.88 bits per heavy atom. The topological polar surface area (TPSA) is 44.9 Å². The first-order valence-corrected chi connectivity index (χ1v) is 5.48. The maximum Gasteiger partial charge on any atom is 0.251 e. The van der Waals surface area contributed by atoms with Gasteiger partial charge < -0.3 is 10.3 Å². The molecule has 0 fully saturated rings. The van der Waals surface area contributed by atoms with Crippen LogP contribution in [0.1, 0.15) is 11.1 Å². The summed E-state index contributed by atoms with van der Waals surface area (Å²) in [6, 6.07) is 8.11. The minimum absolute atomic E-state index is 0.00419. The van der Waals surface area contributed by atoms with Crippen molar-refractivity contribution < 1.29 is 0 Å². The maximum atomic E-state index is 11.4. The summed E-state index contributed by atoms with van der Waals surface area (Å²) in [5.41, 5.74) is 2.95. The smallest absolute Gasteiger partial charge is 0.251 e. The second kappa shape index (κ2) is 4.49. The van der Waals surface area contributed by atoms with E-state index in [9.17, 15) is 4.79 Å². The third kappa shape index (κ3) is 2.14. The van der Waals surface area contributed by atoms with Crippen LogP contribution in [0.3, 0.4) is 0 Å². The highest BCUT2D eigenvalue weighted by Crippen LogP contribution is 2.13. The molecule has 0 aliphatic rings. The Hall–Kier alpha value is -1.61. The standard InChI is InChI=1S/C13H16N2O/c1-9-7-11-8-10(5-6-14-2)3-4-12(11)15-13(9)16/h3-4,7-8,14H,5-6H2,1-2H3,(H,15,16). The SMILES string of the molecule is CNCCc1ccc2[nH]c(=O)c(C)cc2c1. The number of aromatic amines is 1. The third-order valence-electron chi connectivity index (χ3n) is 2.76. The van der Waals surface area contributed by atoms with Crippen molar-refractivity contribution in [2.24, 2.45) is 0 Å². The molecule has 0 aliphatic heterocycles. The van der Waals surface area contributed by atoms with Gasteiger partial charge in [0.15, 0.2) is 0 Å². The zero-order valence-electron chi connectivity index (χ0n) is 9.63. The van der Waals surface area contributed by atoms with E-state index in [0.29, 0.717) is 0 Å². The number of hydrogen-bond donors (Lipinski definition) is 2. The first-order valence-electron chi connectivity index (χ1n) is 5.48. The molecule has 1 aromatic carbocycles. The molecule has 0 bridgehead atoms. The van der Waals surface area contributed by atoms with Gasteiger partial charge in [0.2, 0.25) is 0 Å². The third-order valence-corrected chi connectivity index (χ3v) is 2.76. The van der Waals surface area contributed by atoms with Gasteiger partial charge in [-0.25, -0.2) is 0 Å². The highest BCUT2D eigenvalue weighted by atomic mass is 16.1. The molecule has 3 heteroatoms. The van der Waals surface area contributed by atoms with Crippen molar-refractivity contribution in [3.8, 4) is 0 Å². The van der Waals surface area contributed by atoms with Gasteiger partial charge in [0, 0.05) is 11.1 Å². The molecule has 2 N–H and O–H groups in total. The number of rotatable bonds is 3. The summed E-state index contributed by atoms with van der Waals surface area (Å²) in [5.74, 6) is 0. The fraction of sp³-hybridized carbons (Fsp3) is 0.308. The number of hydrogen-bond acceptors (Lipinski definition) is 2. The number of H-pyrrole nitrogens is 1. The van der Waals surface area contributed by atoms with Crippen LogP contribution in [-0.2, 0) is 6.42 Å². The number of benzene rings is 1. The Balaban J connectivity index is 2.45. The molecule has 84 valence electrons. The number of pyridine rings is 1. The molecule has 0 unspecified atom stereocenters. The van der Waals surface area contributed by atoms with Gasteiger partial charge in [-0.05, 0) is 56.1 Å². The van der Waals surface area contributed by atoms with Crippen LogP contribution < -0.4 is 10.9 Å². The summed E-state index contributed by atoms with van der Waals surface area (Å²) in [6.07, 6.45) is 1.00. The molecule has 2 aromatic rings. The molecule has 0 amide bonds. The van der Waals surface area contributed by atoms with Crippen LogP contribution in [0, 0.1) is 6.92 Å². The largest absolute Gasteiger partial charge is 0.322 e. The molecule has 1 heterocycles. The average molecular weight is 216 g/mol. The van der Waals surface area contributed by atoms with Gasteiger partial charge in [0.05, 0.1) is 0 Å². The van der Waals surface area contributed by atoms with Crippen LogP contribution in [0.25, 0.3) is 10.9 Å². The van der Waals surface area contributed by atoms with E-state index >= 15 is 0 Å². The predicted molar refractivity (Wildman–Crippen MR) is 66.9 cm³/mol. The molecule has 16 heavy (non-hydrogen) atoms. The van der Waals surface area contributed by atoms with Crippen LogP contribution in [-0.4, -0.2) is 18.6 Å². The zero-order valence-corrected chi connectivity index (χ0v) is 9.63. The van der Waals surface area contributed by atoms with Gasteiger partial charge in [-0.3, -0.25) is 4.79 Å². The summed E-state index contributed by atoms with van der Waals surface area (Å²) in [6.45, 7) is 2.80. The van der Waals surface area contributed by atoms with Gasteiger partial charge >= 0.3 is 0 Å². The van der Waals surface area contributed by atoms with Crippen molar-refractivity contribution in [2.45, 2.75) is 13.3 Å². The molecule has 0 saturated heterocycles. The summed E-state index contributed by atoms with van der Waals surface area (Å²) in [7, 11) is 1.95. The average Bonchev–Trinajstić information content (AvgIpc) is 2.28. The first-order chi connectivity index (χ1) is 7.70. The lowest BCUT2D eigenvalue weighted by molar-refractivity contribution is 0.792. The Labute approximate surface area is 94.5 Å². The number of likely N-dealkylation sites (N-methyl/N-ethyl adjacent to an activating group) is 1. The summed E-state index contributed by atoms with van der Waals surface area (Å²) < 4.78 is 0. The van der Waals surface area contributed by atoms with Crippen LogP contribution in [0.2, 0.25) is 0 Å². The van der Waals surface area contributed by atoms with Crippen molar-refractivity contribution in [2.75, 3.05) is 13.6 Å². The van der Waals surface area contributed by atoms with Gasteiger partial charge in [-0.15, -0.1) is 0 Å². The minimum Gasteiger partial charge on any atom is -0.322 e. The lowest BCUT2D eigenvalue weighted by atomic mass is 10.1. The molecule has 1 aromatic heterocycles. The molecule has 3 nitrogen and oxygen atoms in total. The second-order valence-electron chi connectivity index (χ2n) is 4.06. The van der Waals surface area contributed by atoms with Crippen LogP contribution in [0.15, 0.2) is 29.1 Å². The van der Waals surface area contributed by atoms with Gasteiger partial charge in [-0.1, -0.05) is 6.07 Å². The molecule has 0 atom stereocenters. The molecule has 0 spiro atoms. The van der Waals surface area contributed by atoms with Crippen LogP contribution >= 0.6 is 0 Å². The van der Waals surface area contributed by atoms with E-state index in [0.717, 1.165) is 29.4 Å². The summed E-state index contributed by atoms with van der Waals surface area (Å²) in [4.78, 5) is 14.3. The van der Waals surface area contributed by atoms with Crippen molar-refractivity contribution in [1.82, 2.24) is 10.3 Å². The molecule has 0 aliphatic carbocycles. The van der Waals surface area contributed by atoms with Crippen molar-refractivity contribution in [3.63, 3.8) is 0 Å². The Morgan fingerprint density at radius 2 is 2.12 bits per heavy atom. The molecule has 0 radical (unpaired) electrons. The molecular weight excluding hydrogens is 200 g/mol. The maximum absolute atomic E-state index is 11.4. The van der Waals surface area contributed by atoms with Gasteiger partial charge in [-0.2, -0.15) is 0 Å². The van der Waals surface area contributed by atoms with Crippen LogP contribution in [0.4, 0.5) is 0 Å². The summed E-state index contributed by atoms with van der Waals surface area (Å²) >= 11 is 0. The Kier molecular flexibility index (Phi) is 3.06. The first kappa shape index (κ1) is 10.9. The van der Waals surface area contributed by atoms with Gasteiger partial charge in [0.25, 0.3) is 5.56 Å². The second-order valence-corrected chi connectivity index (χ2v) is 4.06.